The molecule has 26 heavy (non-hydrogen) atoms. The van der Waals surface area contributed by atoms with Gasteiger partial charge in [0.05, 0.1) is 28.0 Å². The van der Waals surface area contributed by atoms with Gasteiger partial charge in [-0.05, 0) is 30.7 Å². The van der Waals surface area contributed by atoms with Crippen LogP contribution in [-0.2, 0) is 0 Å². The summed E-state index contributed by atoms with van der Waals surface area (Å²) in [4.78, 5) is 33.9. The smallest absolute Gasteiger partial charge is 0.337 e. The minimum Gasteiger partial charge on any atom is -0.478 e. The summed E-state index contributed by atoms with van der Waals surface area (Å²) in [6.45, 7) is 0. The number of rotatable bonds is 3. The predicted molar refractivity (Wildman–Crippen MR) is 97.9 cm³/mol. The second-order valence-corrected chi connectivity index (χ2v) is 6.12. The third kappa shape index (κ3) is 2.54. The van der Waals surface area contributed by atoms with E-state index in [1.54, 1.807) is 42.5 Å². The molecule has 4 rings (SSSR count). The van der Waals surface area contributed by atoms with Gasteiger partial charge in [-0.1, -0.05) is 24.3 Å². The van der Waals surface area contributed by atoms with Crippen LogP contribution in [0.3, 0.4) is 0 Å². The van der Waals surface area contributed by atoms with Crippen molar-refractivity contribution in [2.45, 2.75) is 18.9 Å². The Kier molecular flexibility index (Phi) is 3.76. The van der Waals surface area contributed by atoms with Gasteiger partial charge >= 0.3 is 5.97 Å². The minimum absolute atomic E-state index is 0.0304. The second-order valence-electron chi connectivity index (χ2n) is 6.12. The zero-order valence-electron chi connectivity index (χ0n) is 13.8. The number of fused-ring (bicyclic) bond motifs is 1. The van der Waals surface area contributed by atoms with Gasteiger partial charge in [0.2, 0.25) is 0 Å². The molecule has 3 N–H and O–H groups in total. The number of amidine groups is 1. The Morgan fingerprint density at radius 1 is 1.15 bits per heavy atom. The Balaban J connectivity index is 2.09. The molecule has 0 bridgehead atoms. The van der Waals surface area contributed by atoms with Crippen LogP contribution in [0, 0.1) is 0 Å². The van der Waals surface area contributed by atoms with Crippen LogP contribution in [0.25, 0.3) is 16.6 Å². The summed E-state index contributed by atoms with van der Waals surface area (Å²) in [7, 11) is 0. The lowest BCUT2D eigenvalue weighted by atomic mass is 10.1. The van der Waals surface area contributed by atoms with Crippen LogP contribution in [-0.4, -0.2) is 26.5 Å². The zero-order valence-corrected chi connectivity index (χ0v) is 13.8. The van der Waals surface area contributed by atoms with Crippen LogP contribution >= 0.6 is 0 Å². The topological polar surface area (TPSA) is 111 Å². The highest BCUT2D eigenvalue weighted by atomic mass is 16.4. The van der Waals surface area contributed by atoms with E-state index in [0.717, 1.165) is 0 Å². The number of hydrogen-bond acceptors (Lipinski definition) is 5. The van der Waals surface area contributed by atoms with Crippen molar-refractivity contribution < 1.29 is 9.90 Å². The van der Waals surface area contributed by atoms with Gasteiger partial charge < -0.3 is 10.8 Å². The quantitative estimate of drug-likeness (QED) is 0.754. The van der Waals surface area contributed by atoms with Crippen molar-refractivity contribution in [1.29, 1.82) is 0 Å². The summed E-state index contributed by atoms with van der Waals surface area (Å²) in [5.41, 5.74) is 6.36. The van der Waals surface area contributed by atoms with E-state index in [2.05, 4.69) is 9.98 Å². The standard InChI is InChI=1S/C19H16N4O3/c20-16-10-9-14(21-16)17-22-13-7-3-1-5-11(13)18(24)23(17)15-8-4-2-6-12(15)19(25)26/h1-8,14H,9-10H2,(H2,20,21)(H,25,26)/t14-/m0/s1. The number of carboxylic acid groups (broad SMARTS) is 1. The molecule has 1 aromatic heterocycles. The molecule has 1 atom stereocenters. The number of aromatic carboxylic acids is 1. The van der Waals surface area contributed by atoms with E-state index in [-0.39, 0.29) is 22.9 Å². The summed E-state index contributed by atoms with van der Waals surface area (Å²) in [5.74, 6) is -0.195. The molecule has 2 heterocycles. The maximum absolute atomic E-state index is 13.2. The number of nitrogens with zero attached hydrogens (tertiary/aromatic N) is 3. The van der Waals surface area contributed by atoms with Crippen LogP contribution in [0.4, 0.5) is 0 Å². The molecule has 0 spiro atoms. The van der Waals surface area contributed by atoms with Gasteiger partial charge in [-0.25, -0.2) is 9.78 Å². The first-order chi connectivity index (χ1) is 12.6. The molecule has 0 saturated heterocycles. The molecule has 130 valence electrons. The lowest BCUT2D eigenvalue weighted by Crippen LogP contribution is -2.26. The lowest BCUT2D eigenvalue weighted by Gasteiger charge is -2.17. The first-order valence-corrected chi connectivity index (χ1v) is 8.23. The molecule has 2 aromatic carbocycles. The van der Waals surface area contributed by atoms with Crippen LogP contribution in [0.15, 0.2) is 58.3 Å². The molecule has 0 radical (unpaired) electrons. The normalized spacial score (nSPS) is 16.6. The molecule has 0 aliphatic carbocycles. The van der Waals surface area contributed by atoms with Gasteiger partial charge in [-0.2, -0.15) is 0 Å². The van der Waals surface area contributed by atoms with Gasteiger partial charge in [-0.3, -0.25) is 14.4 Å². The monoisotopic (exact) mass is 348 g/mol. The Labute approximate surface area is 148 Å². The Morgan fingerprint density at radius 3 is 2.62 bits per heavy atom. The number of carboxylic acids is 1. The van der Waals surface area contributed by atoms with Gasteiger partial charge in [0.1, 0.15) is 11.9 Å². The molecular weight excluding hydrogens is 332 g/mol. The third-order valence-corrected chi connectivity index (χ3v) is 4.47. The molecule has 3 aromatic rings. The van der Waals surface area contributed by atoms with E-state index in [9.17, 15) is 14.7 Å². The molecule has 1 aliphatic heterocycles. The second kappa shape index (κ2) is 6.11. The fraction of sp³-hybridized carbons (Fsp3) is 0.158. The van der Waals surface area contributed by atoms with Crippen molar-refractivity contribution in [1.82, 2.24) is 9.55 Å². The molecular formula is C19H16N4O3. The first-order valence-electron chi connectivity index (χ1n) is 8.23. The summed E-state index contributed by atoms with van der Waals surface area (Å²) in [5, 5.41) is 9.97. The van der Waals surface area contributed by atoms with Crippen molar-refractivity contribution in [3.05, 3.63) is 70.3 Å². The lowest BCUT2D eigenvalue weighted by molar-refractivity contribution is 0.0697. The van der Waals surface area contributed by atoms with E-state index in [0.29, 0.717) is 35.4 Å². The maximum atomic E-state index is 13.2. The summed E-state index contributed by atoms with van der Waals surface area (Å²) >= 11 is 0. The first kappa shape index (κ1) is 16.0. The van der Waals surface area contributed by atoms with E-state index in [1.807, 2.05) is 0 Å². The Morgan fingerprint density at radius 2 is 1.88 bits per heavy atom. The number of carbonyl (C=O) groups is 1. The fourth-order valence-corrected chi connectivity index (χ4v) is 3.26. The highest BCUT2D eigenvalue weighted by Crippen LogP contribution is 2.29. The largest absolute Gasteiger partial charge is 0.478 e. The van der Waals surface area contributed by atoms with Crippen molar-refractivity contribution in [3.63, 3.8) is 0 Å². The number of aliphatic imine (C=N–C) groups is 1. The average Bonchev–Trinajstić information content (AvgIpc) is 3.08. The highest BCUT2D eigenvalue weighted by molar-refractivity contribution is 5.92. The minimum atomic E-state index is -1.11. The zero-order chi connectivity index (χ0) is 18.3. The number of benzene rings is 2. The van der Waals surface area contributed by atoms with Crippen molar-refractivity contribution in [2.24, 2.45) is 10.7 Å². The van der Waals surface area contributed by atoms with Crippen LogP contribution in [0.1, 0.15) is 35.1 Å². The molecule has 0 saturated carbocycles. The van der Waals surface area contributed by atoms with E-state index in [1.165, 1.54) is 10.6 Å². The Hall–Kier alpha value is -3.48. The molecule has 0 unspecified atom stereocenters. The van der Waals surface area contributed by atoms with E-state index >= 15 is 0 Å². The van der Waals surface area contributed by atoms with Gasteiger partial charge in [0.25, 0.3) is 5.56 Å². The number of aromatic nitrogens is 2. The molecule has 0 amide bonds. The van der Waals surface area contributed by atoms with Crippen LogP contribution in [0.5, 0.6) is 0 Å². The average molecular weight is 348 g/mol. The van der Waals surface area contributed by atoms with Gasteiger partial charge in [-0.15, -0.1) is 0 Å². The molecule has 7 heteroatoms. The predicted octanol–water partition coefficient (Wildman–Crippen LogP) is 2.28. The fourth-order valence-electron chi connectivity index (χ4n) is 3.26. The van der Waals surface area contributed by atoms with E-state index in [4.69, 9.17) is 5.73 Å². The van der Waals surface area contributed by atoms with E-state index < -0.39 is 5.97 Å². The van der Waals surface area contributed by atoms with Crippen molar-refractivity contribution in [3.8, 4) is 5.69 Å². The third-order valence-electron chi connectivity index (χ3n) is 4.47. The number of para-hydroxylation sites is 2. The molecule has 7 nitrogen and oxygen atoms in total. The van der Waals surface area contributed by atoms with Crippen LogP contribution < -0.4 is 11.3 Å². The van der Waals surface area contributed by atoms with Crippen molar-refractivity contribution >= 4 is 22.7 Å². The van der Waals surface area contributed by atoms with Crippen LogP contribution in [0.2, 0.25) is 0 Å². The van der Waals surface area contributed by atoms with Crippen molar-refractivity contribution in [2.75, 3.05) is 0 Å². The summed E-state index contributed by atoms with van der Waals surface area (Å²) in [6.07, 6.45) is 1.25. The number of nitrogens with two attached hydrogens (primary N) is 1. The summed E-state index contributed by atoms with van der Waals surface area (Å²) in [6, 6.07) is 13.0. The maximum Gasteiger partial charge on any atom is 0.337 e. The SMILES string of the molecule is NC1=N[C@H](c2nc3ccccc3c(=O)n2-c2ccccc2C(=O)O)CC1. The van der Waals surface area contributed by atoms with Gasteiger partial charge in [0, 0.05) is 6.42 Å². The molecule has 0 fully saturated rings. The Bertz CT molecular complexity index is 1120. The number of hydrogen-bond donors (Lipinski definition) is 2. The summed E-state index contributed by atoms with van der Waals surface area (Å²) < 4.78 is 1.36. The van der Waals surface area contributed by atoms with Gasteiger partial charge in [0.15, 0.2) is 0 Å². The highest BCUT2D eigenvalue weighted by Gasteiger charge is 2.26. The molecule has 1 aliphatic rings.